The number of aryl methyl sites for hydroxylation is 2. The number of nitrogens with one attached hydrogen (secondary N) is 1. The van der Waals surface area contributed by atoms with E-state index in [9.17, 15) is 13.2 Å². The standard InChI is InChI=1S/C22H28N2O4S/c1-16-7-10-20(15-17(16)2)28-18(3)22(25)23-19-8-11-21(12-9-19)29(26,27)24-13-5-4-6-14-24/h7-12,15,18H,4-6,13-14H2,1-3H3,(H,23,25)/t18-/m0/s1. The number of carbonyl (C=O) groups is 1. The van der Waals surface area contributed by atoms with Crippen LogP contribution in [0.15, 0.2) is 47.4 Å². The van der Waals surface area contributed by atoms with E-state index in [1.54, 1.807) is 19.1 Å². The molecule has 1 saturated heterocycles. The number of sulfonamides is 1. The van der Waals surface area contributed by atoms with Crippen LogP contribution in [0.1, 0.15) is 37.3 Å². The first-order valence-electron chi connectivity index (χ1n) is 9.92. The van der Waals surface area contributed by atoms with Crippen LogP contribution in [0.3, 0.4) is 0 Å². The Balaban J connectivity index is 1.62. The van der Waals surface area contributed by atoms with Crippen LogP contribution in [0.2, 0.25) is 0 Å². The minimum absolute atomic E-state index is 0.247. The molecule has 1 amide bonds. The molecule has 0 unspecified atom stereocenters. The summed E-state index contributed by atoms with van der Waals surface area (Å²) in [5, 5.41) is 2.77. The Hall–Kier alpha value is -2.38. The summed E-state index contributed by atoms with van der Waals surface area (Å²) < 4.78 is 32.7. The van der Waals surface area contributed by atoms with Crippen molar-refractivity contribution in [2.75, 3.05) is 18.4 Å². The molecule has 0 aromatic heterocycles. The molecule has 7 heteroatoms. The fourth-order valence-electron chi connectivity index (χ4n) is 3.25. The van der Waals surface area contributed by atoms with Crippen molar-refractivity contribution in [3.8, 4) is 5.75 Å². The Bertz CT molecular complexity index is 965. The van der Waals surface area contributed by atoms with E-state index < -0.39 is 16.1 Å². The number of hydrogen-bond acceptors (Lipinski definition) is 4. The largest absolute Gasteiger partial charge is 0.481 e. The van der Waals surface area contributed by atoms with E-state index in [-0.39, 0.29) is 10.8 Å². The van der Waals surface area contributed by atoms with Crippen LogP contribution in [0.4, 0.5) is 5.69 Å². The number of benzene rings is 2. The van der Waals surface area contributed by atoms with Gasteiger partial charge in [0.25, 0.3) is 5.91 Å². The van der Waals surface area contributed by atoms with Crippen molar-refractivity contribution in [2.24, 2.45) is 0 Å². The topological polar surface area (TPSA) is 75.7 Å². The second-order valence-electron chi connectivity index (χ2n) is 7.48. The van der Waals surface area contributed by atoms with Crippen molar-refractivity contribution in [1.29, 1.82) is 0 Å². The lowest BCUT2D eigenvalue weighted by molar-refractivity contribution is -0.122. The molecule has 0 radical (unpaired) electrons. The van der Waals surface area contributed by atoms with Crippen molar-refractivity contribution < 1.29 is 17.9 Å². The van der Waals surface area contributed by atoms with Gasteiger partial charge in [-0.2, -0.15) is 4.31 Å². The highest BCUT2D eigenvalue weighted by Gasteiger charge is 2.25. The van der Waals surface area contributed by atoms with Gasteiger partial charge in [-0.15, -0.1) is 0 Å². The maximum Gasteiger partial charge on any atom is 0.265 e. The van der Waals surface area contributed by atoms with Gasteiger partial charge in [-0.25, -0.2) is 8.42 Å². The van der Waals surface area contributed by atoms with E-state index in [1.165, 1.54) is 16.4 Å². The van der Waals surface area contributed by atoms with E-state index >= 15 is 0 Å². The lowest BCUT2D eigenvalue weighted by Crippen LogP contribution is -2.35. The van der Waals surface area contributed by atoms with Gasteiger partial charge in [-0.1, -0.05) is 12.5 Å². The van der Waals surface area contributed by atoms with Crippen molar-refractivity contribution in [2.45, 2.75) is 51.0 Å². The Morgan fingerprint density at radius 1 is 1.00 bits per heavy atom. The Kier molecular flexibility index (Phi) is 6.59. The molecule has 0 spiro atoms. The van der Waals surface area contributed by atoms with Crippen LogP contribution < -0.4 is 10.1 Å². The molecule has 2 aromatic carbocycles. The van der Waals surface area contributed by atoms with Crippen LogP contribution in [0.25, 0.3) is 0 Å². The number of amides is 1. The van der Waals surface area contributed by atoms with Crippen molar-refractivity contribution >= 4 is 21.6 Å². The van der Waals surface area contributed by atoms with E-state index in [0.717, 1.165) is 30.4 Å². The zero-order chi connectivity index (χ0) is 21.0. The van der Waals surface area contributed by atoms with Gasteiger partial charge in [0.05, 0.1) is 4.90 Å². The van der Waals surface area contributed by atoms with Gasteiger partial charge in [0.1, 0.15) is 5.75 Å². The molecular formula is C22H28N2O4S. The lowest BCUT2D eigenvalue weighted by Gasteiger charge is -2.25. The smallest absolute Gasteiger partial charge is 0.265 e. The van der Waals surface area contributed by atoms with Gasteiger partial charge in [-0.05, 0) is 81.1 Å². The first-order chi connectivity index (χ1) is 13.8. The molecule has 156 valence electrons. The molecule has 0 saturated carbocycles. The van der Waals surface area contributed by atoms with Gasteiger partial charge in [0, 0.05) is 18.8 Å². The summed E-state index contributed by atoms with van der Waals surface area (Å²) in [5.74, 6) is 0.341. The Morgan fingerprint density at radius 2 is 1.66 bits per heavy atom. The van der Waals surface area contributed by atoms with E-state index in [4.69, 9.17) is 4.74 Å². The van der Waals surface area contributed by atoms with Crippen LogP contribution in [0, 0.1) is 13.8 Å². The molecule has 2 aromatic rings. The van der Waals surface area contributed by atoms with Gasteiger partial charge in [0.2, 0.25) is 10.0 Å². The molecule has 0 bridgehead atoms. The average Bonchev–Trinajstić information content (AvgIpc) is 2.72. The number of hydrogen-bond donors (Lipinski definition) is 1. The van der Waals surface area contributed by atoms with Crippen LogP contribution in [0.5, 0.6) is 5.75 Å². The zero-order valence-electron chi connectivity index (χ0n) is 17.1. The summed E-state index contributed by atoms with van der Waals surface area (Å²) in [7, 11) is -3.48. The molecule has 29 heavy (non-hydrogen) atoms. The van der Waals surface area contributed by atoms with Gasteiger partial charge >= 0.3 is 0 Å². The number of anilines is 1. The second kappa shape index (κ2) is 8.97. The maximum atomic E-state index is 12.7. The number of piperidine rings is 1. The van der Waals surface area contributed by atoms with Crippen molar-refractivity contribution in [1.82, 2.24) is 4.31 Å². The van der Waals surface area contributed by atoms with E-state index in [2.05, 4.69) is 5.32 Å². The second-order valence-corrected chi connectivity index (χ2v) is 9.42. The van der Waals surface area contributed by atoms with E-state index in [0.29, 0.717) is 24.5 Å². The molecule has 1 fully saturated rings. The number of nitrogens with zero attached hydrogens (tertiary/aromatic N) is 1. The highest BCUT2D eigenvalue weighted by atomic mass is 32.2. The summed E-state index contributed by atoms with van der Waals surface area (Å²) in [5.41, 5.74) is 2.79. The first kappa shape index (κ1) is 21.3. The average molecular weight is 417 g/mol. The fourth-order valence-corrected chi connectivity index (χ4v) is 4.77. The third-order valence-electron chi connectivity index (χ3n) is 5.24. The summed E-state index contributed by atoms with van der Waals surface area (Å²) in [6.07, 6.45) is 2.17. The molecule has 1 aliphatic rings. The van der Waals surface area contributed by atoms with Crippen molar-refractivity contribution in [3.63, 3.8) is 0 Å². The normalized spacial score (nSPS) is 16.2. The zero-order valence-corrected chi connectivity index (χ0v) is 18.0. The number of ether oxygens (including phenoxy) is 1. The third-order valence-corrected chi connectivity index (χ3v) is 7.15. The Labute approximate surface area is 172 Å². The predicted molar refractivity (Wildman–Crippen MR) is 114 cm³/mol. The fraction of sp³-hybridized carbons (Fsp3) is 0.409. The summed E-state index contributed by atoms with van der Waals surface area (Å²) in [6, 6.07) is 12.0. The van der Waals surface area contributed by atoms with Crippen LogP contribution in [-0.2, 0) is 14.8 Å². The van der Waals surface area contributed by atoms with Crippen molar-refractivity contribution in [3.05, 3.63) is 53.6 Å². The first-order valence-corrected chi connectivity index (χ1v) is 11.4. The molecule has 1 atom stereocenters. The maximum absolute atomic E-state index is 12.7. The third kappa shape index (κ3) is 5.16. The predicted octanol–water partition coefficient (Wildman–Crippen LogP) is 3.88. The van der Waals surface area contributed by atoms with Gasteiger partial charge in [0.15, 0.2) is 6.10 Å². The molecule has 0 aliphatic carbocycles. The molecule has 1 N–H and O–H groups in total. The molecule has 6 nitrogen and oxygen atoms in total. The molecule has 1 aliphatic heterocycles. The number of carbonyl (C=O) groups excluding carboxylic acids is 1. The van der Waals surface area contributed by atoms with Crippen LogP contribution >= 0.6 is 0 Å². The van der Waals surface area contributed by atoms with Crippen LogP contribution in [-0.4, -0.2) is 37.8 Å². The summed E-state index contributed by atoms with van der Waals surface area (Å²) in [4.78, 5) is 12.7. The van der Waals surface area contributed by atoms with E-state index in [1.807, 2.05) is 32.0 Å². The highest BCUT2D eigenvalue weighted by Crippen LogP contribution is 2.22. The quantitative estimate of drug-likeness (QED) is 0.775. The summed E-state index contributed by atoms with van der Waals surface area (Å²) >= 11 is 0. The molecule has 3 rings (SSSR count). The van der Waals surface area contributed by atoms with Gasteiger partial charge < -0.3 is 10.1 Å². The minimum Gasteiger partial charge on any atom is -0.481 e. The lowest BCUT2D eigenvalue weighted by atomic mass is 10.1. The van der Waals surface area contributed by atoms with Gasteiger partial charge in [-0.3, -0.25) is 4.79 Å². The number of rotatable bonds is 6. The minimum atomic E-state index is -3.48. The Morgan fingerprint density at radius 3 is 2.28 bits per heavy atom. The monoisotopic (exact) mass is 416 g/mol. The molecule has 1 heterocycles. The molecular weight excluding hydrogens is 388 g/mol. The summed E-state index contributed by atoms with van der Waals surface area (Å²) in [6.45, 7) is 6.82. The SMILES string of the molecule is Cc1ccc(O[C@@H](C)C(=O)Nc2ccc(S(=O)(=O)N3CCCCC3)cc2)cc1C. The highest BCUT2D eigenvalue weighted by molar-refractivity contribution is 7.89.